The number of aliphatic hydroxyl groups excluding tert-OH is 2. The van der Waals surface area contributed by atoms with Crippen LogP contribution in [-0.2, 0) is 18.3 Å². The van der Waals surface area contributed by atoms with Gasteiger partial charge in [0.05, 0.1) is 25.1 Å². The maximum Gasteiger partial charge on any atom is 0.472 e. The number of nitrogen functional groups attached to an aromatic ring is 1. The summed E-state index contributed by atoms with van der Waals surface area (Å²) >= 11 is 0. The van der Waals surface area contributed by atoms with Crippen molar-refractivity contribution in [3.8, 4) is 0 Å². The number of anilines is 1. The molecule has 1 saturated heterocycles. The minimum absolute atomic E-state index is 0.138. The highest BCUT2D eigenvalue weighted by atomic mass is 31.2. The first-order valence-electron chi connectivity index (χ1n) is 9.33. The van der Waals surface area contributed by atoms with Gasteiger partial charge in [-0.25, -0.2) is 19.5 Å². The number of fused-ring (bicyclic) bond motifs is 1. The minimum atomic E-state index is -4.45. The molecular weight excluding hydrogens is 421 g/mol. The lowest BCUT2D eigenvalue weighted by atomic mass is 10.0. The summed E-state index contributed by atoms with van der Waals surface area (Å²) in [5, 5.41) is 30.5. The number of phosphoric ester groups is 1. The van der Waals surface area contributed by atoms with E-state index in [1.807, 2.05) is 0 Å². The lowest BCUT2D eigenvalue weighted by Gasteiger charge is -2.22. The molecule has 0 bridgehead atoms. The zero-order chi connectivity index (χ0) is 22.1. The molecule has 1 fully saturated rings. The van der Waals surface area contributed by atoms with Crippen LogP contribution in [0.3, 0.4) is 0 Å². The molecule has 0 aliphatic carbocycles. The Balaban J connectivity index is 1.61. The van der Waals surface area contributed by atoms with E-state index >= 15 is 0 Å². The number of ether oxygens (including phenoxy) is 1. The van der Waals surface area contributed by atoms with Crippen molar-refractivity contribution >= 4 is 24.8 Å². The summed E-state index contributed by atoms with van der Waals surface area (Å²) in [6.45, 7) is 2.65. The first-order valence-corrected chi connectivity index (χ1v) is 10.8. The average Bonchev–Trinajstić information content (AvgIpc) is 3.23. The predicted molar refractivity (Wildman–Crippen MR) is 103 cm³/mol. The number of aliphatic hydroxyl groups is 3. The molecule has 3 heterocycles. The Kier molecular flexibility index (Phi) is 6.75. The third-order valence-corrected chi connectivity index (χ3v) is 6.04. The summed E-state index contributed by atoms with van der Waals surface area (Å²) in [5.41, 5.74) is 5.31. The highest BCUT2D eigenvalue weighted by Gasteiger charge is 2.45. The molecule has 0 radical (unpaired) electrons. The van der Waals surface area contributed by atoms with Crippen LogP contribution in [0.15, 0.2) is 12.7 Å². The molecule has 30 heavy (non-hydrogen) atoms. The summed E-state index contributed by atoms with van der Waals surface area (Å²) in [7, 11) is -4.45. The van der Waals surface area contributed by atoms with Crippen molar-refractivity contribution in [1.29, 1.82) is 0 Å². The Morgan fingerprint density at radius 1 is 1.30 bits per heavy atom. The van der Waals surface area contributed by atoms with Crippen molar-refractivity contribution in [2.24, 2.45) is 0 Å². The van der Waals surface area contributed by atoms with Gasteiger partial charge in [0.15, 0.2) is 17.7 Å². The summed E-state index contributed by atoms with van der Waals surface area (Å²) < 4.78 is 28.8. The molecule has 168 valence electrons. The molecular formula is C16H26N5O8P. The highest BCUT2D eigenvalue weighted by Crippen LogP contribution is 2.45. The van der Waals surface area contributed by atoms with Gasteiger partial charge in [0.2, 0.25) is 0 Å². The van der Waals surface area contributed by atoms with Gasteiger partial charge in [-0.3, -0.25) is 13.6 Å². The van der Waals surface area contributed by atoms with Crippen molar-refractivity contribution in [2.75, 3.05) is 18.9 Å². The normalized spacial score (nSPS) is 28.5. The van der Waals surface area contributed by atoms with Crippen LogP contribution < -0.4 is 5.73 Å². The molecule has 2 aromatic rings. The first-order chi connectivity index (χ1) is 14.0. The Labute approximate surface area is 172 Å². The standard InChI is InChI=1S/C16H26N5O8P/c1-3-16(2,24)4-5-27-30(25,26)28-6-9-11(22)12(23)15(29-9)21-8-20-10-13(17)18-7-19-14(10)21/h7-9,11-12,15,22-24H,3-6H2,1-2H3,(H,25,26)(H2,17,18,19)/t9-,11-,12-,15-,16?/m1/s1. The molecule has 13 nitrogen and oxygen atoms in total. The summed E-state index contributed by atoms with van der Waals surface area (Å²) in [6.07, 6.45) is -1.84. The summed E-state index contributed by atoms with van der Waals surface area (Å²) in [6, 6.07) is 0. The molecule has 2 aromatic heterocycles. The van der Waals surface area contributed by atoms with E-state index in [0.717, 1.165) is 0 Å². The minimum Gasteiger partial charge on any atom is -0.390 e. The maximum absolute atomic E-state index is 12.0. The molecule has 6 N–H and O–H groups in total. The zero-order valence-electron chi connectivity index (χ0n) is 16.5. The molecule has 0 amide bonds. The third kappa shape index (κ3) is 4.95. The molecule has 3 rings (SSSR count). The van der Waals surface area contributed by atoms with E-state index in [-0.39, 0.29) is 18.8 Å². The fourth-order valence-electron chi connectivity index (χ4n) is 2.92. The molecule has 14 heteroatoms. The lowest BCUT2D eigenvalue weighted by molar-refractivity contribution is -0.0520. The van der Waals surface area contributed by atoms with E-state index in [1.54, 1.807) is 13.8 Å². The Morgan fingerprint density at radius 3 is 2.73 bits per heavy atom. The zero-order valence-corrected chi connectivity index (χ0v) is 17.4. The van der Waals surface area contributed by atoms with Crippen LogP contribution in [0, 0.1) is 0 Å². The molecule has 0 saturated carbocycles. The van der Waals surface area contributed by atoms with E-state index < -0.39 is 44.6 Å². The third-order valence-electron chi connectivity index (χ3n) is 5.06. The van der Waals surface area contributed by atoms with Gasteiger partial charge < -0.3 is 30.7 Å². The average molecular weight is 447 g/mol. The molecule has 6 atom stereocenters. The number of nitrogens with zero attached hydrogens (tertiary/aromatic N) is 4. The van der Waals surface area contributed by atoms with Gasteiger partial charge in [-0.15, -0.1) is 0 Å². The van der Waals surface area contributed by atoms with Crippen molar-refractivity contribution < 1.29 is 38.6 Å². The Hall–Kier alpha value is -1.70. The van der Waals surface area contributed by atoms with E-state index in [4.69, 9.17) is 19.5 Å². The van der Waals surface area contributed by atoms with Crippen LogP contribution in [0.2, 0.25) is 0 Å². The van der Waals surface area contributed by atoms with Crippen LogP contribution >= 0.6 is 7.82 Å². The van der Waals surface area contributed by atoms with Gasteiger partial charge in [-0.2, -0.15) is 0 Å². The van der Waals surface area contributed by atoms with Crippen LogP contribution in [-0.4, -0.2) is 76.9 Å². The SMILES string of the molecule is CCC(C)(O)CCOP(=O)(O)OC[C@H]1O[C@@H](n2cnc3c(N)ncnc32)[C@H](O)[C@@H]1O. The monoisotopic (exact) mass is 447 g/mol. The van der Waals surface area contributed by atoms with Gasteiger partial charge in [0.25, 0.3) is 0 Å². The van der Waals surface area contributed by atoms with E-state index in [9.17, 15) is 24.8 Å². The van der Waals surface area contributed by atoms with Crippen molar-refractivity contribution in [3.05, 3.63) is 12.7 Å². The largest absolute Gasteiger partial charge is 0.472 e. The second-order valence-corrected chi connectivity index (χ2v) is 8.78. The van der Waals surface area contributed by atoms with Crippen LogP contribution in [0.5, 0.6) is 0 Å². The number of nitrogens with two attached hydrogens (primary N) is 1. The van der Waals surface area contributed by atoms with Gasteiger partial charge in [-0.05, 0) is 19.8 Å². The topological polar surface area (TPSA) is 195 Å². The Bertz CT molecular complexity index is 924. The number of hydrogen-bond acceptors (Lipinski definition) is 11. The van der Waals surface area contributed by atoms with E-state index in [1.165, 1.54) is 17.2 Å². The molecule has 0 aromatic carbocycles. The number of hydrogen-bond donors (Lipinski definition) is 5. The van der Waals surface area contributed by atoms with Crippen LogP contribution in [0.1, 0.15) is 32.9 Å². The molecule has 1 aliphatic rings. The van der Waals surface area contributed by atoms with Gasteiger partial charge in [0.1, 0.15) is 30.2 Å². The smallest absolute Gasteiger partial charge is 0.390 e. The van der Waals surface area contributed by atoms with E-state index in [0.29, 0.717) is 17.6 Å². The summed E-state index contributed by atoms with van der Waals surface area (Å²) in [4.78, 5) is 21.8. The molecule has 2 unspecified atom stereocenters. The number of imidazole rings is 1. The summed E-state index contributed by atoms with van der Waals surface area (Å²) in [5.74, 6) is 0.145. The van der Waals surface area contributed by atoms with Crippen molar-refractivity contribution in [1.82, 2.24) is 19.5 Å². The Morgan fingerprint density at radius 2 is 2.03 bits per heavy atom. The number of rotatable bonds is 9. The highest BCUT2D eigenvalue weighted by molar-refractivity contribution is 7.47. The fraction of sp³-hybridized carbons (Fsp3) is 0.688. The van der Waals surface area contributed by atoms with Gasteiger partial charge in [0, 0.05) is 0 Å². The second-order valence-electron chi connectivity index (χ2n) is 7.33. The lowest BCUT2D eigenvalue weighted by Crippen LogP contribution is -2.33. The number of aromatic nitrogens is 4. The predicted octanol–water partition coefficient (Wildman–Crippen LogP) is -0.288. The van der Waals surface area contributed by atoms with E-state index in [2.05, 4.69) is 15.0 Å². The molecule has 0 spiro atoms. The van der Waals surface area contributed by atoms with Crippen LogP contribution in [0.25, 0.3) is 11.2 Å². The molecule has 1 aliphatic heterocycles. The van der Waals surface area contributed by atoms with Crippen molar-refractivity contribution in [3.63, 3.8) is 0 Å². The fourth-order valence-corrected chi connectivity index (χ4v) is 3.65. The number of phosphoric acid groups is 1. The first kappa shape index (κ1) is 23.0. The quantitative estimate of drug-likeness (QED) is 0.316. The second kappa shape index (κ2) is 8.81. The van der Waals surface area contributed by atoms with Gasteiger partial charge >= 0.3 is 7.82 Å². The van der Waals surface area contributed by atoms with Crippen LogP contribution in [0.4, 0.5) is 5.82 Å². The van der Waals surface area contributed by atoms with Gasteiger partial charge in [-0.1, -0.05) is 6.92 Å². The maximum atomic E-state index is 12.0. The van der Waals surface area contributed by atoms with Crippen molar-refractivity contribution in [2.45, 2.75) is 56.8 Å².